The molecule has 3 rings (SSSR count). The van der Waals surface area contributed by atoms with E-state index in [4.69, 9.17) is 5.73 Å². The molecule has 3 aromatic rings. The van der Waals surface area contributed by atoms with Gasteiger partial charge in [0.05, 0.1) is 5.92 Å². The third-order valence-corrected chi connectivity index (χ3v) is 6.34. The monoisotopic (exact) mass is 546 g/mol. The summed E-state index contributed by atoms with van der Waals surface area (Å²) in [4.78, 5) is 37.5. The highest BCUT2D eigenvalue weighted by Crippen LogP contribution is 2.25. The molecule has 0 aliphatic rings. The van der Waals surface area contributed by atoms with Crippen molar-refractivity contribution in [2.75, 3.05) is 6.54 Å². The summed E-state index contributed by atoms with van der Waals surface area (Å²) >= 11 is 0. The van der Waals surface area contributed by atoms with E-state index in [2.05, 4.69) is 21.1 Å². The highest BCUT2D eigenvalue weighted by Gasteiger charge is 2.27. The van der Waals surface area contributed by atoms with Crippen molar-refractivity contribution in [1.29, 1.82) is 0 Å². The van der Waals surface area contributed by atoms with Gasteiger partial charge in [0, 0.05) is 13.1 Å². The van der Waals surface area contributed by atoms with Crippen LogP contribution >= 0.6 is 0 Å². The van der Waals surface area contributed by atoms with E-state index >= 15 is 0 Å². The predicted octanol–water partition coefficient (Wildman–Crippen LogP) is 2.82. The standard InChI is InChI=1S/C29H34N6O5/c1-19-16-21(17-20(2)26(19)36)18-32-27(37)24(14-9-15-31-29(30)34-35(39)40)33-28(38)25(22-10-5-3-6-11-22)23-12-7-4-8-13-23/h3-8,10-13,16-17,24-25,36H,9,14-15,18H2,1-2H3,(H,32,37)(H,33,38)(H3,30,31,34). The number of guanidine groups is 1. The second-order valence-corrected chi connectivity index (χ2v) is 9.40. The van der Waals surface area contributed by atoms with Crippen LogP contribution in [0.5, 0.6) is 5.75 Å². The second kappa shape index (κ2) is 14.3. The number of phenols is 1. The molecule has 0 fully saturated rings. The maximum atomic E-state index is 13.7. The van der Waals surface area contributed by atoms with E-state index in [9.17, 15) is 24.8 Å². The number of hydrazone groups is 1. The molecule has 0 aliphatic carbocycles. The zero-order valence-corrected chi connectivity index (χ0v) is 22.5. The van der Waals surface area contributed by atoms with Crippen molar-refractivity contribution in [1.82, 2.24) is 16.0 Å². The summed E-state index contributed by atoms with van der Waals surface area (Å²) in [6.07, 6.45) is 0.602. The molecule has 0 radical (unpaired) electrons. The fraction of sp³-hybridized carbons (Fsp3) is 0.276. The summed E-state index contributed by atoms with van der Waals surface area (Å²) in [5, 5.41) is 31.0. The van der Waals surface area contributed by atoms with Crippen LogP contribution in [0.4, 0.5) is 0 Å². The number of nitro groups is 1. The van der Waals surface area contributed by atoms with Crippen LogP contribution in [0.2, 0.25) is 0 Å². The number of carbonyl (C=O) groups is 2. The lowest BCUT2D eigenvalue weighted by molar-refractivity contribution is -0.485. The number of hydrogen-bond acceptors (Lipinski definition) is 5. The molecule has 40 heavy (non-hydrogen) atoms. The van der Waals surface area contributed by atoms with E-state index < -0.39 is 17.0 Å². The Balaban J connectivity index is 1.77. The Hall–Kier alpha value is -4.93. The van der Waals surface area contributed by atoms with E-state index in [1.54, 1.807) is 26.0 Å². The number of benzene rings is 3. The number of phenolic OH excluding ortho intramolecular Hbond substituents is 1. The highest BCUT2D eigenvalue weighted by molar-refractivity contribution is 5.92. The molecule has 0 spiro atoms. The maximum Gasteiger partial charge on any atom is 0.266 e. The Labute approximate surface area is 232 Å². The van der Waals surface area contributed by atoms with Crippen LogP contribution in [0.3, 0.4) is 0 Å². The Morgan fingerprint density at radius 2 is 1.50 bits per heavy atom. The lowest BCUT2D eigenvalue weighted by atomic mass is 9.90. The van der Waals surface area contributed by atoms with E-state index in [1.807, 2.05) is 60.7 Å². The molecular formula is C29H34N6O5. The molecular weight excluding hydrogens is 512 g/mol. The molecule has 1 atom stereocenters. The quantitative estimate of drug-likeness (QED) is 0.0764. The zero-order valence-electron chi connectivity index (χ0n) is 22.5. The van der Waals surface area contributed by atoms with Crippen LogP contribution in [-0.2, 0) is 16.1 Å². The molecule has 1 unspecified atom stereocenters. The van der Waals surface area contributed by atoms with Crippen LogP contribution in [0.15, 0.2) is 77.9 Å². The summed E-state index contributed by atoms with van der Waals surface area (Å²) in [6, 6.07) is 21.3. The largest absolute Gasteiger partial charge is 0.507 e. The summed E-state index contributed by atoms with van der Waals surface area (Å²) < 4.78 is 0. The van der Waals surface area contributed by atoms with Gasteiger partial charge in [-0.3, -0.25) is 9.59 Å². The van der Waals surface area contributed by atoms with Crippen molar-refractivity contribution in [3.05, 3.63) is 111 Å². The average molecular weight is 547 g/mol. The fourth-order valence-corrected chi connectivity index (χ4v) is 4.42. The summed E-state index contributed by atoms with van der Waals surface area (Å²) in [5.41, 5.74) is 9.25. The first-order valence-corrected chi connectivity index (χ1v) is 12.8. The van der Waals surface area contributed by atoms with Gasteiger partial charge in [-0.1, -0.05) is 72.8 Å². The number of nitrogens with one attached hydrogen (secondary N) is 3. The lowest BCUT2D eigenvalue weighted by Crippen LogP contribution is -2.48. The number of aryl methyl sites for hydroxylation is 2. The minimum Gasteiger partial charge on any atom is -0.507 e. The van der Waals surface area contributed by atoms with Gasteiger partial charge in [-0.05, 0) is 54.5 Å². The van der Waals surface area contributed by atoms with Crippen molar-refractivity contribution in [2.24, 2.45) is 10.8 Å². The number of nitrogens with two attached hydrogens (primary N) is 1. The first-order valence-electron chi connectivity index (χ1n) is 12.8. The molecule has 0 heterocycles. The second-order valence-electron chi connectivity index (χ2n) is 9.40. The van der Waals surface area contributed by atoms with Crippen molar-refractivity contribution < 1.29 is 19.7 Å². The third kappa shape index (κ3) is 8.55. The Kier molecular flexibility index (Phi) is 10.6. The van der Waals surface area contributed by atoms with Gasteiger partial charge in [-0.2, -0.15) is 0 Å². The minimum absolute atomic E-state index is 0.203. The van der Waals surface area contributed by atoms with Gasteiger partial charge in [0.1, 0.15) is 16.9 Å². The van der Waals surface area contributed by atoms with E-state index in [0.29, 0.717) is 17.5 Å². The van der Waals surface area contributed by atoms with Crippen molar-refractivity contribution in [2.45, 2.75) is 45.2 Å². The van der Waals surface area contributed by atoms with Crippen LogP contribution in [-0.4, -0.2) is 40.5 Å². The minimum atomic E-state index is -0.904. The van der Waals surface area contributed by atoms with Crippen molar-refractivity contribution >= 4 is 17.8 Å². The zero-order chi connectivity index (χ0) is 29.1. The van der Waals surface area contributed by atoms with Crippen molar-refractivity contribution in [3.63, 3.8) is 0 Å². The maximum absolute atomic E-state index is 13.7. The highest BCUT2D eigenvalue weighted by atomic mass is 16.7. The predicted molar refractivity (Wildman–Crippen MR) is 152 cm³/mol. The molecule has 11 heteroatoms. The van der Waals surface area contributed by atoms with Gasteiger partial charge in [0.25, 0.3) is 5.96 Å². The van der Waals surface area contributed by atoms with Gasteiger partial charge in [0.2, 0.25) is 11.8 Å². The summed E-state index contributed by atoms with van der Waals surface area (Å²) in [7, 11) is 0. The van der Waals surface area contributed by atoms with Crippen LogP contribution in [0, 0.1) is 24.0 Å². The first kappa shape index (κ1) is 29.6. The molecule has 0 bridgehead atoms. The van der Waals surface area contributed by atoms with Gasteiger partial charge >= 0.3 is 0 Å². The van der Waals surface area contributed by atoms with Crippen LogP contribution < -0.4 is 21.7 Å². The molecule has 0 aromatic heterocycles. The molecule has 210 valence electrons. The van der Waals surface area contributed by atoms with Gasteiger partial charge < -0.3 is 26.8 Å². The molecule has 2 amide bonds. The Morgan fingerprint density at radius 3 is 2.02 bits per heavy atom. The van der Waals surface area contributed by atoms with Crippen LogP contribution in [0.25, 0.3) is 0 Å². The third-order valence-electron chi connectivity index (χ3n) is 6.34. The van der Waals surface area contributed by atoms with E-state index in [0.717, 1.165) is 16.7 Å². The number of rotatable bonds is 12. The molecule has 3 aromatic carbocycles. The SMILES string of the molecule is Cc1cc(CNC(=O)C(CCCN/C(N)=N\[N+](=O)[O-])NC(=O)C(c2ccccc2)c2ccccc2)cc(C)c1O. The average Bonchev–Trinajstić information content (AvgIpc) is 2.93. The Bertz CT molecular complexity index is 1290. The number of aromatic hydroxyl groups is 1. The smallest absolute Gasteiger partial charge is 0.266 e. The van der Waals surface area contributed by atoms with E-state index in [1.165, 1.54) is 0 Å². The lowest BCUT2D eigenvalue weighted by Gasteiger charge is -2.23. The van der Waals surface area contributed by atoms with Crippen molar-refractivity contribution in [3.8, 4) is 5.75 Å². The van der Waals surface area contributed by atoms with Gasteiger partial charge in [0.15, 0.2) is 5.03 Å². The molecule has 6 N–H and O–H groups in total. The molecule has 0 saturated heterocycles. The van der Waals surface area contributed by atoms with Gasteiger partial charge in [-0.25, -0.2) is 10.1 Å². The Morgan fingerprint density at radius 1 is 0.950 bits per heavy atom. The molecule has 0 aliphatic heterocycles. The molecule has 11 nitrogen and oxygen atoms in total. The number of hydrogen-bond donors (Lipinski definition) is 5. The van der Waals surface area contributed by atoms with E-state index in [-0.39, 0.29) is 43.0 Å². The fourth-order valence-electron chi connectivity index (χ4n) is 4.42. The number of carbonyl (C=O) groups excluding carboxylic acids is 2. The first-order chi connectivity index (χ1) is 19.2. The topological polar surface area (TPSA) is 172 Å². The number of amides is 2. The van der Waals surface area contributed by atoms with Crippen LogP contribution in [0.1, 0.15) is 46.6 Å². The number of nitrogens with zero attached hydrogens (tertiary/aromatic N) is 2. The summed E-state index contributed by atoms with van der Waals surface area (Å²) in [5.74, 6) is -1.50. The normalized spacial score (nSPS) is 12.0. The van der Waals surface area contributed by atoms with Gasteiger partial charge in [-0.15, -0.1) is 0 Å². The summed E-state index contributed by atoms with van der Waals surface area (Å²) in [6.45, 7) is 3.98. The molecule has 0 saturated carbocycles.